The van der Waals surface area contributed by atoms with Crippen molar-refractivity contribution in [2.75, 3.05) is 7.11 Å². The Morgan fingerprint density at radius 1 is 1.00 bits per heavy atom. The maximum absolute atomic E-state index is 11.3. The molecule has 2 aromatic carbocycles. The Hall–Kier alpha value is -2.86. The van der Waals surface area contributed by atoms with Crippen molar-refractivity contribution in [2.45, 2.75) is 17.6 Å². The number of nitrogens with zero attached hydrogens (tertiary/aromatic N) is 2. The third kappa shape index (κ3) is 5.83. The molecule has 1 N–H and O–H groups in total. The summed E-state index contributed by atoms with van der Waals surface area (Å²) in [6, 6.07) is 7.12. The summed E-state index contributed by atoms with van der Waals surface area (Å²) in [4.78, 5) is 42.5. The van der Waals surface area contributed by atoms with E-state index in [1.165, 1.54) is 37.4 Å². The lowest BCUT2D eigenvalue weighted by Gasteiger charge is -2.05. The molecule has 0 saturated heterocycles. The molecule has 0 heterocycles. The largest absolute Gasteiger partial charge is 0.478 e. The van der Waals surface area contributed by atoms with E-state index >= 15 is 0 Å². The fourth-order valence-electron chi connectivity index (χ4n) is 2.53. The lowest BCUT2D eigenvalue weighted by Crippen LogP contribution is -2.07. The Labute approximate surface area is 187 Å². The van der Waals surface area contributed by atoms with E-state index in [2.05, 4.69) is 36.6 Å². The Balaban J connectivity index is 0.000000300. The van der Waals surface area contributed by atoms with Crippen LogP contribution >= 0.6 is 31.9 Å². The Bertz CT molecular complexity index is 994. The maximum Gasteiger partial charge on any atom is 0.338 e. The quantitative estimate of drug-likeness (QED) is 0.235. The third-order valence-corrected chi connectivity index (χ3v) is 5.04. The highest BCUT2D eigenvalue weighted by molar-refractivity contribution is 9.08. The Morgan fingerprint density at radius 3 is 2.03 bits per heavy atom. The summed E-state index contributed by atoms with van der Waals surface area (Å²) >= 11 is 6.17. The van der Waals surface area contributed by atoms with Gasteiger partial charge in [-0.3, -0.25) is 20.2 Å². The Morgan fingerprint density at radius 2 is 1.60 bits per heavy atom. The molecule has 12 heteroatoms. The molecule has 2 rings (SSSR count). The van der Waals surface area contributed by atoms with E-state index in [1.54, 1.807) is 6.92 Å². The minimum absolute atomic E-state index is 0.0378. The second-order valence-electron chi connectivity index (χ2n) is 5.64. The number of hydrogen-bond donors (Lipinski definition) is 1. The van der Waals surface area contributed by atoms with Gasteiger partial charge in [-0.15, -0.1) is 0 Å². The normalized spacial score (nSPS) is 9.87. The molecule has 0 spiro atoms. The van der Waals surface area contributed by atoms with Crippen molar-refractivity contribution in [1.29, 1.82) is 0 Å². The molecule has 0 saturated carbocycles. The monoisotopic (exact) mass is 546 g/mol. The number of alkyl halides is 2. The van der Waals surface area contributed by atoms with Gasteiger partial charge in [0.1, 0.15) is 0 Å². The van der Waals surface area contributed by atoms with E-state index in [0.717, 1.165) is 0 Å². The molecule has 0 fully saturated rings. The highest BCUT2D eigenvalue weighted by Gasteiger charge is 2.23. The van der Waals surface area contributed by atoms with Crippen molar-refractivity contribution in [3.63, 3.8) is 0 Å². The van der Waals surface area contributed by atoms with Gasteiger partial charge in [0.15, 0.2) is 0 Å². The van der Waals surface area contributed by atoms with Gasteiger partial charge in [-0.25, -0.2) is 9.59 Å². The molecular formula is C18H16Br2N2O8. The predicted molar refractivity (Wildman–Crippen MR) is 114 cm³/mol. The van der Waals surface area contributed by atoms with Crippen molar-refractivity contribution in [2.24, 2.45) is 0 Å². The fourth-order valence-corrected chi connectivity index (χ4v) is 3.69. The molecule has 0 unspecified atom stereocenters. The van der Waals surface area contributed by atoms with Gasteiger partial charge in [0.25, 0.3) is 11.4 Å². The number of esters is 1. The maximum atomic E-state index is 11.3. The number of nitro groups is 2. The van der Waals surface area contributed by atoms with Gasteiger partial charge in [-0.05, 0) is 19.1 Å². The number of hydrogen-bond acceptors (Lipinski definition) is 7. The van der Waals surface area contributed by atoms with E-state index in [0.29, 0.717) is 11.1 Å². The van der Waals surface area contributed by atoms with E-state index in [9.17, 15) is 29.8 Å². The second kappa shape index (κ2) is 11.4. The van der Waals surface area contributed by atoms with Crippen LogP contribution in [-0.4, -0.2) is 34.0 Å². The lowest BCUT2D eigenvalue weighted by molar-refractivity contribution is -0.386. The van der Waals surface area contributed by atoms with Gasteiger partial charge in [0.05, 0.1) is 39.2 Å². The number of rotatable bonds is 6. The highest BCUT2D eigenvalue weighted by Crippen LogP contribution is 2.28. The molecule has 10 nitrogen and oxygen atoms in total. The minimum atomic E-state index is -1.16. The summed E-state index contributed by atoms with van der Waals surface area (Å²) < 4.78 is 4.53. The first kappa shape index (κ1) is 25.2. The van der Waals surface area contributed by atoms with Crippen molar-refractivity contribution in [3.8, 4) is 0 Å². The van der Waals surface area contributed by atoms with Crippen LogP contribution in [0.5, 0.6) is 0 Å². The number of aryl methyl sites for hydroxylation is 1. The number of methoxy groups -OCH3 is 1. The van der Waals surface area contributed by atoms with Gasteiger partial charge >= 0.3 is 11.9 Å². The van der Waals surface area contributed by atoms with Crippen molar-refractivity contribution >= 4 is 55.2 Å². The Kier molecular flexibility index (Phi) is 9.53. The first-order valence-corrected chi connectivity index (χ1v) is 10.3. The average molecular weight is 548 g/mol. The molecule has 0 aliphatic rings. The van der Waals surface area contributed by atoms with Crippen molar-refractivity contribution in [1.82, 2.24) is 0 Å². The van der Waals surface area contributed by atoms with Crippen LogP contribution in [0.3, 0.4) is 0 Å². The van der Waals surface area contributed by atoms with Crippen LogP contribution in [0.25, 0.3) is 0 Å². The van der Waals surface area contributed by atoms with Crippen molar-refractivity contribution in [3.05, 3.63) is 78.4 Å². The summed E-state index contributed by atoms with van der Waals surface area (Å²) in [6.45, 7) is 1.58. The highest BCUT2D eigenvalue weighted by atomic mass is 79.9. The summed E-state index contributed by atoms with van der Waals surface area (Å²) in [6.07, 6.45) is 0. The molecular weight excluding hydrogens is 532 g/mol. The van der Waals surface area contributed by atoms with Gasteiger partial charge < -0.3 is 9.84 Å². The zero-order valence-corrected chi connectivity index (χ0v) is 18.9. The third-order valence-electron chi connectivity index (χ3n) is 3.92. The van der Waals surface area contributed by atoms with E-state index in [4.69, 9.17) is 5.11 Å². The number of halogens is 2. The fraction of sp³-hybridized carbons (Fsp3) is 0.222. The van der Waals surface area contributed by atoms with E-state index < -0.39 is 21.8 Å². The number of aromatic carboxylic acids is 1. The number of benzene rings is 2. The second-order valence-corrected chi connectivity index (χ2v) is 6.76. The van der Waals surface area contributed by atoms with Gasteiger partial charge in [0, 0.05) is 22.3 Å². The van der Waals surface area contributed by atoms with E-state index in [1.807, 2.05) is 0 Å². The van der Waals surface area contributed by atoms with Crippen LogP contribution in [0.1, 0.15) is 37.4 Å². The molecule has 0 aromatic heterocycles. The number of carbonyl (C=O) groups is 2. The number of carboxylic acid groups (broad SMARTS) is 1. The first-order valence-electron chi connectivity index (χ1n) is 8.07. The van der Waals surface area contributed by atoms with Gasteiger partial charge in [-0.1, -0.05) is 44.0 Å². The van der Waals surface area contributed by atoms with Crippen molar-refractivity contribution < 1.29 is 29.3 Å². The number of nitro benzene ring substituents is 2. The minimum Gasteiger partial charge on any atom is -0.478 e. The molecule has 30 heavy (non-hydrogen) atoms. The summed E-state index contributed by atoms with van der Waals surface area (Å²) in [5, 5.41) is 30.7. The smallest absolute Gasteiger partial charge is 0.338 e. The lowest BCUT2D eigenvalue weighted by atomic mass is 10.0. The molecule has 0 aliphatic heterocycles. The molecule has 0 amide bonds. The zero-order chi connectivity index (χ0) is 23.0. The van der Waals surface area contributed by atoms with Gasteiger partial charge in [0.2, 0.25) is 0 Å². The number of carboxylic acids is 1. The van der Waals surface area contributed by atoms with Crippen LogP contribution in [-0.2, 0) is 15.4 Å². The number of carbonyl (C=O) groups excluding carboxylic acids is 1. The van der Waals surface area contributed by atoms with Crippen LogP contribution in [0, 0.1) is 27.2 Å². The first-order chi connectivity index (χ1) is 14.1. The molecule has 160 valence electrons. The van der Waals surface area contributed by atoms with Crippen LogP contribution in [0.15, 0.2) is 30.3 Å². The predicted octanol–water partition coefficient (Wildman–Crippen LogP) is 4.77. The summed E-state index contributed by atoms with van der Waals surface area (Å²) in [5.74, 6) is -1.74. The van der Waals surface area contributed by atoms with E-state index in [-0.39, 0.29) is 38.7 Å². The molecule has 0 aliphatic carbocycles. The number of ether oxygens (including phenoxy) is 1. The molecule has 0 radical (unpaired) electrons. The van der Waals surface area contributed by atoms with Crippen LogP contribution in [0.2, 0.25) is 0 Å². The van der Waals surface area contributed by atoms with Gasteiger partial charge in [-0.2, -0.15) is 0 Å². The average Bonchev–Trinajstić information content (AvgIpc) is 2.71. The molecule has 0 atom stereocenters. The molecule has 2 aromatic rings. The SMILES string of the molecule is COC(=O)c1cccc([N+](=O)[O-])c1CBr.Cc1ccc(C(=O)O)c(CBr)c1[N+](=O)[O-]. The van der Waals surface area contributed by atoms with Crippen LogP contribution in [0.4, 0.5) is 11.4 Å². The van der Waals surface area contributed by atoms with Crippen LogP contribution < -0.4 is 0 Å². The summed E-state index contributed by atoms with van der Waals surface area (Å²) in [7, 11) is 1.24. The zero-order valence-electron chi connectivity index (χ0n) is 15.8. The standard InChI is InChI=1S/2C9H8BrNO4/c1-5-2-3-6(9(12)13)7(4-10)8(5)11(14)15;1-15-9(12)6-3-2-4-8(11(13)14)7(6)5-10/h2-3H,4H2,1H3,(H,12,13);2-4H,5H2,1H3. The summed E-state index contributed by atoms with van der Waals surface area (Å²) in [5.41, 5.74) is 0.940. The molecule has 0 bridgehead atoms. The topological polar surface area (TPSA) is 150 Å².